The standard InChI is InChI=1S/C20H29N3O2/c1-14-6-7-19(24-5)17(10-14)11-23(18-8-9-22(4)12-18)13-20-21-15(2)16(3)25-20/h6-7,10,18H,8-9,11-13H2,1-5H3/t18-/m1/s1. The molecule has 1 aliphatic heterocycles. The number of hydrogen-bond acceptors (Lipinski definition) is 5. The highest BCUT2D eigenvalue weighted by atomic mass is 16.5. The Labute approximate surface area is 150 Å². The van der Waals surface area contributed by atoms with Gasteiger partial charge in [0, 0.05) is 24.7 Å². The molecule has 25 heavy (non-hydrogen) atoms. The lowest BCUT2D eigenvalue weighted by molar-refractivity contribution is 0.161. The summed E-state index contributed by atoms with van der Waals surface area (Å²) in [5.41, 5.74) is 3.45. The van der Waals surface area contributed by atoms with Crippen molar-refractivity contribution in [1.82, 2.24) is 14.8 Å². The molecular weight excluding hydrogens is 314 g/mol. The molecule has 1 saturated heterocycles. The fourth-order valence-electron chi connectivity index (χ4n) is 3.55. The van der Waals surface area contributed by atoms with Crippen molar-refractivity contribution in [2.75, 3.05) is 27.2 Å². The van der Waals surface area contributed by atoms with E-state index in [4.69, 9.17) is 9.15 Å². The molecule has 2 heterocycles. The first-order valence-electron chi connectivity index (χ1n) is 8.95. The van der Waals surface area contributed by atoms with E-state index in [1.807, 2.05) is 13.8 Å². The van der Waals surface area contributed by atoms with Gasteiger partial charge in [-0.1, -0.05) is 17.7 Å². The minimum Gasteiger partial charge on any atom is -0.496 e. The van der Waals surface area contributed by atoms with E-state index in [9.17, 15) is 0 Å². The predicted octanol–water partition coefficient (Wildman–Crippen LogP) is 3.31. The summed E-state index contributed by atoms with van der Waals surface area (Å²) in [6.07, 6.45) is 1.17. The molecule has 5 nitrogen and oxygen atoms in total. The normalized spacial score (nSPS) is 18.2. The van der Waals surface area contributed by atoms with Crippen molar-refractivity contribution in [2.24, 2.45) is 0 Å². The molecule has 0 N–H and O–H groups in total. The molecular formula is C20H29N3O2. The summed E-state index contributed by atoms with van der Waals surface area (Å²) < 4.78 is 11.4. The first-order chi connectivity index (χ1) is 12.0. The van der Waals surface area contributed by atoms with Gasteiger partial charge in [-0.25, -0.2) is 4.98 Å². The number of oxazole rings is 1. The van der Waals surface area contributed by atoms with E-state index in [0.717, 1.165) is 49.3 Å². The van der Waals surface area contributed by atoms with Crippen LogP contribution in [0.5, 0.6) is 5.75 Å². The highest BCUT2D eigenvalue weighted by molar-refractivity contribution is 5.36. The second-order valence-corrected chi connectivity index (χ2v) is 7.17. The maximum Gasteiger partial charge on any atom is 0.208 e. The summed E-state index contributed by atoms with van der Waals surface area (Å²) in [5, 5.41) is 0. The maximum absolute atomic E-state index is 5.85. The Morgan fingerprint density at radius 1 is 1.28 bits per heavy atom. The zero-order valence-electron chi connectivity index (χ0n) is 16.0. The number of rotatable bonds is 6. The average molecular weight is 343 g/mol. The van der Waals surface area contributed by atoms with Crippen molar-refractivity contribution in [3.63, 3.8) is 0 Å². The van der Waals surface area contributed by atoms with Gasteiger partial charge in [-0.3, -0.25) is 4.90 Å². The molecule has 1 atom stereocenters. The van der Waals surface area contributed by atoms with Crippen LogP contribution in [0.2, 0.25) is 0 Å². The second-order valence-electron chi connectivity index (χ2n) is 7.17. The van der Waals surface area contributed by atoms with Gasteiger partial charge in [0.1, 0.15) is 11.5 Å². The summed E-state index contributed by atoms with van der Waals surface area (Å²) in [7, 11) is 3.92. The average Bonchev–Trinajstić information content (AvgIpc) is 3.13. The predicted molar refractivity (Wildman–Crippen MR) is 98.9 cm³/mol. The van der Waals surface area contributed by atoms with Crippen molar-refractivity contribution in [1.29, 1.82) is 0 Å². The molecule has 136 valence electrons. The van der Waals surface area contributed by atoms with Gasteiger partial charge in [0.25, 0.3) is 0 Å². The quantitative estimate of drug-likeness (QED) is 0.805. The van der Waals surface area contributed by atoms with Crippen LogP contribution in [0, 0.1) is 20.8 Å². The van der Waals surface area contributed by atoms with E-state index >= 15 is 0 Å². The first-order valence-corrected chi connectivity index (χ1v) is 8.95. The van der Waals surface area contributed by atoms with E-state index in [1.165, 1.54) is 17.5 Å². The van der Waals surface area contributed by atoms with Gasteiger partial charge in [-0.2, -0.15) is 0 Å². The fourth-order valence-corrected chi connectivity index (χ4v) is 3.55. The van der Waals surface area contributed by atoms with Crippen molar-refractivity contribution in [2.45, 2.75) is 46.3 Å². The lowest BCUT2D eigenvalue weighted by Gasteiger charge is -2.28. The summed E-state index contributed by atoms with van der Waals surface area (Å²) >= 11 is 0. The van der Waals surface area contributed by atoms with Gasteiger partial charge in [0.15, 0.2) is 0 Å². The van der Waals surface area contributed by atoms with Crippen molar-refractivity contribution >= 4 is 0 Å². The summed E-state index contributed by atoms with van der Waals surface area (Å²) in [6, 6.07) is 6.87. The molecule has 0 radical (unpaired) electrons. The molecule has 0 spiro atoms. The number of benzene rings is 1. The van der Waals surface area contributed by atoms with Gasteiger partial charge < -0.3 is 14.1 Å². The Balaban J connectivity index is 1.84. The smallest absolute Gasteiger partial charge is 0.208 e. The number of likely N-dealkylation sites (N-methyl/N-ethyl adjacent to an activating group) is 1. The van der Waals surface area contributed by atoms with Crippen LogP contribution in [0.3, 0.4) is 0 Å². The molecule has 2 aromatic rings. The van der Waals surface area contributed by atoms with E-state index in [-0.39, 0.29) is 0 Å². The fraction of sp³-hybridized carbons (Fsp3) is 0.550. The molecule has 3 rings (SSSR count). The van der Waals surface area contributed by atoms with Crippen molar-refractivity contribution in [3.05, 3.63) is 46.7 Å². The molecule has 1 aliphatic rings. The van der Waals surface area contributed by atoms with Crippen LogP contribution >= 0.6 is 0 Å². The number of ether oxygens (including phenoxy) is 1. The van der Waals surface area contributed by atoms with Crippen molar-refractivity contribution in [3.8, 4) is 5.75 Å². The van der Waals surface area contributed by atoms with Gasteiger partial charge in [-0.15, -0.1) is 0 Å². The maximum atomic E-state index is 5.85. The second kappa shape index (κ2) is 7.58. The summed E-state index contributed by atoms with van der Waals surface area (Å²) in [4.78, 5) is 9.45. The third-order valence-electron chi connectivity index (χ3n) is 5.10. The van der Waals surface area contributed by atoms with Gasteiger partial charge in [0.05, 0.1) is 19.3 Å². The lowest BCUT2D eigenvalue weighted by Crippen LogP contribution is -2.36. The van der Waals surface area contributed by atoms with Crippen LogP contribution in [0.1, 0.15) is 34.9 Å². The van der Waals surface area contributed by atoms with Gasteiger partial charge >= 0.3 is 0 Å². The Hall–Kier alpha value is -1.85. The van der Waals surface area contributed by atoms with Crippen LogP contribution in [-0.2, 0) is 13.1 Å². The molecule has 0 saturated carbocycles. The van der Waals surface area contributed by atoms with Crippen LogP contribution < -0.4 is 4.74 Å². The van der Waals surface area contributed by atoms with Crippen LogP contribution in [0.25, 0.3) is 0 Å². The molecule has 1 aromatic heterocycles. The number of likely N-dealkylation sites (tertiary alicyclic amines) is 1. The zero-order valence-corrected chi connectivity index (χ0v) is 16.0. The molecule has 0 amide bonds. The van der Waals surface area contributed by atoms with E-state index in [1.54, 1.807) is 7.11 Å². The number of hydrogen-bond donors (Lipinski definition) is 0. The first kappa shape index (κ1) is 18.0. The number of nitrogens with zero attached hydrogens (tertiary/aromatic N) is 3. The topological polar surface area (TPSA) is 41.7 Å². The molecule has 0 aliphatic carbocycles. The third kappa shape index (κ3) is 4.22. The zero-order chi connectivity index (χ0) is 18.0. The van der Waals surface area contributed by atoms with E-state index in [0.29, 0.717) is 6.04 Å². The van der Waals surface area contributed by atoms with Crippen LogP contribution in [0.15, 0.2) is 22.6 Å². The minimum absolute atomic E-state index is 0.503. The van der Waals surface area contributed by atoms with Crippen molar-refractivity contribution < 1.29 is 9.15 Å². The summed E-state index contributed by atoms with van der Waals surface area (Å²) in [6.45, 7) is 9.87. The van der Waals surface area contributed by atoms with Gasteiger partial charge in [-0.05, 0) is 46.9 Å². The van der Waals surface area contributed by atoms with E-state index in [2.05, 4.69) is 47.0 Å². The highest BCUT2D eigenvalue weighted by Crippen LogP contribution is 2.26. The third-order valence-corrected chi connectivity index (χ3v) is 5.10. The minimum atomic E-state index is 0.503. The van der Waals surface area contributed by atoms with Gasteiger partial charge in [0.2, 0.25) is 5.89 Å². The Morgan fingerprint density at radius 2 is 2.08 bits per heavy atom. The Morgan fingerprint density at radius 3 is 2.68 bits per heavy atom. The van der Waals surface area contributed by atoms with Crippen LogP contribution in [-0.4, -0.2) is 48.1 Å². The number of aryl methyl sites for hydroxylation is 3. The highest BCUT2D eigenvalue weighted by Gasteiger charge is 2.28. The molecule has 1 aromatic carbocycles. The molecule has 0 unspecified atom stereocenters. The lowest BCUT2D eigenvalue weighted by atomic mass is 10.1. The SMILES string of the molecule is COc1ccc(C)cc1CN(Cc1nc(C)c(C)o1)[C@@H]1CCN(C)C1. The Kier molecular flexibility index (Phi) is 5.45. The largest absolute Gasteiger partial charge is 0.496 e. The molecule has 5 heteroatoms. The monoisotopic (exact) mass is 343 g/mol. The molecule has 0 bridgehead atoms. The van der Waals surface area contributed by atoms with E-state index < -0.39 is 0 Å². The Bertz CT molecular complexity index is 706. The number of aromatic nitrogens is 1. The number of methoxy groups -OCH3 is 1. The molecule has 1 fully saturated rings. The summed E-state index contributed by atoms with van der Waals surface area (Å²) in [5.74, 6) is 2.66. The van der Waals surface area contributed by atoms with Crippen LogP contribution in [0.4, 0.5) is 0 Å².